The minimum Gasteiger partial charge on any atom is -0.346 e. The molecule has 7 rings (SSSR count). The highest BCUT2D eigenvalue weighted by atomic mass is 35.5. The van der Waals surface area contributed by atoms with Gasteiger partial charge in [-0.05, 0) is 62.4 Å². The van der Waals surface area contributed by atoms with Crippen LogP contribution in [0.25, 0.3) is 22.0 Å². The van der Waals surface area contributed by atoms with Crippen molar-refractivity contribution in [3.63, 3.8) is 0 Å². The number of sulfonamides is 1. The summed E-state index contributed by atoms with van der Waals surface area (Å²) in [7, 11) is -7.94. The third-order valence-corrected chi connectivity index (χ3v) is 13.7. The molecule has 1 saturated carbocycles. The first-order valence-electron chi connectivity index (χ1n) is 19.1. The second-order valence-corrected chi connectivity index (χ2v) is 21.0. The first kappa shape index (κ1) is 47.5. The lowest BCUT2D eigenvalue weighted by Crippen LogP contribution is -2.35. The van der Waals surface area contributed by atoms with Crippen LogP contribution in [0, 0.1) is 29.4 Å². The molecule has 65 heavy (non-hydrogen) atoms. The van der Waals surface area contributed by atoms with E-state index in [1.54, 1.807) is 0 Å². The summed E-state index contributed by atoms with van der Waals surface area (Å²) in [6, 6.07) is 5.57. The average Bonchev–Trinajstić information content (AvgIpc) is 3.67. The van der Waals surface area contributed by atoms with Crippen molar-refractivity contribution in [3.05, 3.63) is 93.0 Å². The summed E-state index contributed by atoms with van der Waals surface area (Å²) in [5.74, 6) is -5.17. The topological polar surface area (TPSA) is 158 Å². The second-order valence-electron chi connectivity index (χ2n) is 16.3. The highest BCUT2D eigenvalue weighted by molar-refractivity contribution is 7.92. The number of pyridine rings is 1. The number of carbonyl (C=O) groups is 1. The molecule has 0 radical (unpaired) electrons. The number of fused-ring (bicyclic) bond motifs is 4. The molecule has 2 aliphatic carbocycles. The number of sulfone groups is 1. The molecule has 3 aromatic heterocycles. The summed E-state index contributed by atoms with van der Waals surface area (Å²) in [6.45, 7) is -0.394. The number of halogens is 11. The lowest BCUT2D eigenvalue weighted by atomic mass is 9.93. The third kappa shape index (κ3) is 9.77. The largest absolute Gasteiger partial charge is 0.435 e. The van der Waals surface area contributed by atoms with Crippen LogP contribution in [0.15, 0.2) is 42.5 Å². The van der Waals surface area contributed by atoms with Crippen LogP contribution in [0.1, 0.15) is 66.1 Å². The Kier molecular flexibility index (Phi) is 11.8. The molecule has 3 atom stereocenters. The third-order valence-electron chi connectivity index (χ3n) is 10.8. The van der Waals surface area contributed by atoms with Crippen molar-refractivity contribution in [3.8, 4) is 23.0 Å². The molecular formula is C40H34ClF10N7O5S2. The van der Waals surface area contributed by atoms with Gasteiger partial charge in [0.1, 0.15) is 35.2 Å². The fourth-order valence-electron chi connectivity index (χ4n) is 7.73. The molecule has 12 nitrogen and oxygen atoms in total. The van der Waals surface area contributed by atoms with E-state index >= 15 is 8.78 Å². The van der Waals surface area contributed by atoms with Gasteiger partial charge in [0.15, 0.2) is 21.3 Å². The Balaban J connectivity index is 1.43. The number of nitrogens with one attached hydrogen (secondary N) is 2. The maximum Gasteiger partial charge on any atom is 0.435 e. The van der Waals surface area contributed by atoms with Gasteiger partial charge in [-0.3, -0.25) is 23.9 Å². The predicted octanol–water partition coefficient (Wildman–Crippen LogP) is 7.86. The van der Waals surface area contributed by atoms with Crippen molar-refractivity contribution in [1.29, 1.82) is 0 Å². The van der Waals surface area contributed by atoms with Crippen molar-refractivity contribution in [1.82, 2.24) is 29.9 Å². The molecule has 5 aromatic rings. The lowest BCUT2D eigenvalue weighted by molar-refractivity contribution is -0.142. The van der Waals surface area contributed by atoms with Crippen molar-refractivity contribution in [2.75, 3.05) is 17.2 Å². The van der Waals surface area contributed by atoms with E-state index in [0.717, 1.165) is 18.4 Å². The molecule has 3 heterocycles. The van der Waals surface area contributed by atoms with Crippen LogP contribution < -0.4 is 10.0 Å². The lowest BCUT2D eigenvalue weighted by Gasteiger charge is -2.23. The van der Waals surface area contributed by atoms with Crippen molar-refractivity contribution < 1.29 is 65.5 Å². The van der Waals surface area contributed by atoms with E-state index in [1.165, 1.54) is 38.1 Å². The Morgan fingerprint density at radius 2 is 1.60 bits per heavy atom. The Morgan fingerprint density at radius 3 is 2.20 bits per heavy atom. The van der Waals surface area contributed by atoms with E-state index in [-0.39, 0.29) is 56.0 Å². The highest BCUT2D eigenvalue weighted by Gasteiger charge is 2.68. The predicted molar refractivity (Wildman–Crippen MR) is 216 cm³/mol. The zero-order chi connectivity index (χ0) is 48.0. The SMILES string of the molecule is CC(C)(C#CCc1ccc(-c2ccc(Cl)c3c(NS(C)(=O)=O)nn(CC(F)(F)F)c23)c([C@H](Cc2cc(F)cc(F)c2)NC(=O)Cn2nc(C(F)(F)F)c3c2C(F)(F)[C@@H]2C[C@H]32)n1)S(C)(=O)=O. The van der Waals surface area contributed by atoms with E-state index < -0.39 is 126 Å². The van der Waals surface area contributed by atoms with Gasteiger partial charge in [0.05, 0.1) is 46.0 Å². The van der Waals surface area contributed by atoms with Crippen LogP contribution in [0.4, 0.5) is 49.7 Å². The van der Waals surface area contributed by atoms with Gasteiger partial charge in [-0.15, -0.1) is 0 Å². The minimum absolute atomic E-state index is 0.0252. The maximum atomic E-state index is 15.5. The van der Waals surface area contributed by atoms with Crippen LogP contribution in [0.5, 0.6) is 0 Å². The van der Waals surface area contributed by atoms with Crippen molar-refractivity contribution in [2.24, 2.45) is 5.92 Å². The van der Waals surface area contributed by atoms with Crippen LogP contribution >= 0.6 is 11.6 Å². The minimum atomic E-state index is -5.18. The number of amides is 1. The molecule has 1 amide bonds. The first-order chi connectivity index (χ1) is 29.8. The molecule has 2 aromatic carbocycles. The number of carbonyl (C=O) groups excluding carboxylic acids is 1. The van der Waals surface area contributed by atoms with E-state index in [2.05, 4.69) is 32.3 Å². The summed E-state index contributed by atoms with van der Waals surface area (Å²) in [4.78, 5) is 18.6. The van der Waals surface area contributed by atoms with Crippen LogP contribution in [0.2, 0.25) is 5.02 Å². The molecule has 0 bridgehead atoms. The summed E-state index contributed by atoms with van der Waals surface area (Å²) >= 11 is 6.47. The Labute approximate surface area is 368 Å². The highest BCUT2D eigenvalue weighted by Crippen LogP contribution is 2.68. The first-order valence-corrected chi connectivity index (χ1v) is 23.2. The van der Waals surface area contributed by atoms with Gasteiger partial charge in [-0.25, -0.2) is 25.6 Å². The molecule has 0 spiro atoms. The Morgan fingerprint density at radius 1 is 0.954 bits per heavy atom. The zero-order valence-electron chi connectivity index (χ0n) is 34.1. The van der Waals surface area contributed by atoms with Gasteiger partial charge in [0.2, 0.25) is 15.9 Å². The normalized spacial score (nSPS) is 17.6. The van der Waals surface area contributed by atoms with Crippen molar-refractivity contribution >= 4 is 54.1 Å². The molecule has 348 valence electrons. The molecule has 0 unspecified atom stereocenters. The van der Waals surface area contributed by atoms with Crippen LogP contribution in [-0.2, 0) is 62.7 Å². The fraction of sp³-hybridized carbons (Fsp3) is 0.400. The van der Waals surface area contributed by atoms with Gasteiger partial charge in [-0.2, -0.15) is 45.3 Å². The standard InChI is InChI=1S/C40H34ClF10N7O5S2/c1-37(2,64(3,60)61)11-5-6-22-7-8-23(24-9-10-27(41)31-33(24)58(18-38(44,45)46)55-36(31)56-65(4,62)63)32(52-22)28(14-19-12-20(42)15-21(43)13-19)53-29(59)17-57-35-30(34(54-57)40(49,50)51)25-16-26(25)39(35,47)48/h7-10,12-13,15,25-26,28H,6,14,16-18H2,1-4H3,(H,53,59)(H,55,56)/t25-,26+,28-/m0/s1. The molecule has 1 fully saturated rings. The number of rotatable bonds is 12. The molecule has 0 aliphatic heterocycles. The smallest absolute Gasteiger partial charge is 0.346 e. The van der Waals surface area contributed by atoms with Gasteiger partial charge in [0.25, 0.3) is 5.92 Å². The van der Waals surface area contributed by atoms with Gasteiger partial charge < -0.3 is 5.32 Å². The zero-order valence-corrected chi connectivity index (χ0v) is 36.4. The molecular weight excluding hydrogens is 948 g/mol. The fourth-order valence-corrected chi connectivity index (χ4v) is 8.72. The number of benzene rings is 2. The number of hydrogen-bond donors (Lipinski definition) is 2. The quantitative estimate of drug-likeness (QED) is 0.0946. The molecule has 2 N–H and O–H groups in total. The summed E-state index contributed by atoms with van der Waals surface area (Å²) < 4.78 is 195. The van der Waals surface area contributed by atoms with Gasteiger partial charge in [0, 0.05) is 34.9 Å². The number of hydrogen-bond acceptors (Lipinski definition) is 8. The van der Waals surface area contributed by atoms with Crippen LogP contribution in [0.3, 0.4) is 0 Å². The van der Waals surface area contributed by atoms with E-state index in [9.17, 15) is 56.8 Å². The summed E-state index contributed by atoms with van der Waals surface area (Å²) in [5, 5.41) is 9.10. The number of aromatic nitrogens is 5. The van der Waals surface area contributed by atoms with Crippen LogP contribution in [-0.4, -0.2) is 70.7 Å². The number of alkyl halides is 8. The Hall–Kier alpha value is -5.41. The molecule has 0 saturated heterocycles. The van der Waals surface area contributed by atoms with Gasteiger partial charge in [-0.1, -0.05) is 35.6 Å². The Bertz CT molecular complexity index is 3050. The number of nitrogens with zero attached hydrogens (tertiary/aromatic N) is 5. The monoisotopic (exact) mass is 981 g/mol. The second kappa shape index (κ2) is 16.2. The van der Waals surface area contributed by atoms with E-state index in [0.29, 0.717) is 17.0 Å². The summed E-state index contributed by atoms with van der Waals surface area (Å²) in [6.07, 6.45) is -9.66. The molecule has 25 heteroatoms. The summed E-state index contributed by atoms with van der Waals surface area (Å²) in [5.41, 5.74) is -4.67. The number of anilines is 1. The maximum absolute atomic E-state index is 15.5. The van der Waals surface area contributed by atoms with Crippen molar-refractivity contribution in [2.45, 2.75) is 81.2 Å². The van der Waals surface area contributed by atoms with E-state index in [1.807, 2.05) is 4.72 Å². The average molecular weight is 982 g/mol. The van der Waals surface area contributed by atoms with Gasteiger partial charge >= 0.3 is 12.4 Å². The van der Waals surface area contributed by atoms with E-state index in [4.69, 9.17) is 11.6 Å². The molecule has 2 aliphatic rings.